The number of fused-ring (bicyclic) bond motifs is 1. The number of hydrogen-bond acceptors (Lipinski definition) is 4. The lowest BCUT2D eigenvalue weighted by molar-refractivity contribution is -0.137. The summed E-state index contributed by atoms with van der Waals surface area (Å²) in [6, 6.07) is 11.2. The van der Waals surface area contributed by atoms with Crippen molar-refractivity contribution in [2.75, 3.05) is 18.1 Å². The fourth-order valence-corrected chi connectivity index (χ4v) is 3.55. The molecule has 4 rings (SSSR count). The van der Waals surface area contributed by atoms with E-state index in [1.165, 1.54) is 35.2 Å². The zero-order valence-corrected chi connectivity index (χ0v) is 15.6. The van der Waals surface area contributed by atoms with Gasteiger partial charge in [-0.1, -0.05) is 24.3 Å². The van der Waals surface area contributed by atoms with Crippen molar-refractivity contribution in [2.24, 2.45) is 0 Å². The molecule has 6 nitrogen and oxygen atoms in total. The van der Waals surface area contributed by atoms with Gasteiger partial charge < -0.3 is 14.8 Å². The Bertz CT molecular complexity index is 1170. The second-order valence-corrected chi connectivity index (χ2v) is 6.96. The molecule has 30 heavy (non-hydrogen) atoms. The quantitative estimate of drug-likeness (QED) is 0.673. The number of carbonyl (C=O) groups excluding carboxylic acids is 1. The number of H-pyrrole nitrogens is 1. The first-order chi connectivity index (χ1) is 14.3. The summed E-state index contributed by atoms with van der Waals surface area (Å²) in [6.45, 7) is 0.116. The number of cyclic esters (lactones) is 1. The summed E-state index contributed by atoms with van der Waals surface area (Å²) in [4.78, 5) is 28.6. The smallest absolute Gasteiger partial charge is 0.417 e. The normalized spacial score (nSPS) is 16.9. The van der Waals surface area contributed by atoms with Gasteiger partial charge in [0, 0.05) is 35.4 Å². The summed E-state index contributed by atoms with van der Waals surface area (Å²) < 4.78 is 45.2. The van der Waals surface area contributed by atoms with E-state index in [1.54, 1.807) is 12.1 Å². The number of halogens is 3. The summed E-state index contributed by atoms with van der Waals surface area (Å²) in [6.07, 6.45) is -5.29. The number of carbonyl (C=O) groups is 1. The fraction of sp³-hybridized carbons (Fsp3) is 0.238. The van der Waals surface area contributed by atoms with Gasteiger partial charge in [-0.25, -0.2) is 4.79 Å². The zero-order valence-electron chi connectivity index (χ0n) is 15.6. The largest absolute Gasteiger partial charge is 0.444 e. The molecule has 0 radical (unpaired) electrons. The average molecular weight is 418 g/mol. The number of alkyl halides is 3. The van der Waals surface area contributed by atoms with Gasteiger partial charge in [0.25, 0.3) is 5.56 Å². The van der Waals surface area contributed by atoms with E-state index >= 15 is 0 Å². The Labute approximate surface area is 168 Å². The Balaban J connectivity index is 1.75. The van der Waals surface area contributed by atoms with Crippen LogP contribution in [0.5, 0.6) is 0 Å². The Morgan fingerprint density at radius 2 is 1.90 bits per heavy atom. The van der Waals surface area contributed by atoms with Crippen LogP contribution in [0.3, 0.4) is 0 Å². The third-order valence-corrected chi connectivity index (χ3v) is 4.99. The average Bonchev–Trinajstić information content (AvgIpc) is 3.07. The number of aromatic nitrogens is 1. The number of benzene rings is 2. The van der Waals surface area contributed by atoms with Gasteiger partial charge in [-0.15, -0.1) is 0 Å². The summed E-state index contributed by atoms with van der Waals surface area (Å²) in [5.41, 5.74) is -1.05. The lowest BCUT2D eigenvalue weighted by atomic mass is 10.0. The molecule has 9 heteroatoms. The second kappa shape index (κ2) is 7.49. The van der Waals surface area contributed by atoms with Gasteiger partial charge in [-0.05, 0) is 29.7 Å². The minimum Gasteiger partial charge on any atom is -0.444 e. The summed E-state index contributed by atoms with van der Waals surface area (Å²) in [7, 11) is 0. The van der Waals surface area contributed by atoms with Crippen LogP contribution in [0.1, 0.15) is 12.0 Å². The number of nitrogens with zero attached hydrogens (tertiary/aromatic N) is 1. The molecule has 1 aliphatic rings. The molecule has 1 aromatic heterocycles. The number of aliphatic hydroxyl groups is 1. The van der Waals surface area contributed by atoms with Crippen LogP contribution in [0.15, 0.2) is 53.3 Å². The van der Waals surface area contributed by atoms with Crippen LogP contribution in [0, 0.1) is 0 Å². The topological polar surface area (TPSA) is 82.6 Å². The van der Waals surface area contributed by atoms with Crippen LogP contribution in [0.4, 0.5) is 23.7 Å². The molecule has 1 unspecified atom stereocenters. The number of amides is 1. The maximum absolute atomic E-state index is 13.3. The molecule has 0 saturated carbocycles. The van der Waals surface area contributed by atoms with E-state index in [-0.39, 0.29) is 29.8 Å². The molecule has 1 fully saturated rings. The Morgan fingerprint density at radius 1 is 1.13 bits per heavy atom. The lowest BCUT2D eigenvalue weighted by Crippen LogP contribution is -2.25. The monoisotopic (exact) mass is 418 g/mol. The SMILES string of the molecule is O=C1OC(CCO)CN1c1ccc2cc(-c3ccccc3C(F)(F)F)[nH]c(=O)c2c1. The van der Waals surface area contributed by atoms with Gasteiger partial charge in [-0.3, -0.25) is 9.69 Å². The highest BCUT2D eigenvalue weighted by atomic mass is 19.4. The van der Waals surface area contributed by atoms with Crippen molar-refractivity contribution >= 4 is 22.6 Å². The lowest BCUT2D eigenvalue weighted by Gasteiger charge is -2.15. The van der Waals surface area contributed by atoms with Gasteiger partial charge in [0.15, 0.2) is 0 Å². The van der Waals surface area contributed by atoms with Crippen LogP contribution in [-0.2, 0) is 10.9 Å². The van der Waals surface area contributed by atoms with Crippen molar-refractivity contribution in [1.29, 1.82) is 0 Å². The molecular formula is C21H17F3N2O4. The summed E-state index contributed by atoms with van der Waals surface area (Å²) in [5.74, 6) is 0. The minimum atomic E-state index is -4.56. The van der Waals surface area contributed by atoms with Gasteiger partial charge >= 0.3 is 12.3 Å². The van der Waals surface area contributed by atoms with Gasteiger partial charge in [0.1, 0.15) is 6.10 Å². The number of aromatic amines is 1. The van der Waals surface area contributed by atoms with E-state index in [4.69, 9.17) is 9.84 Å². The molecule has 3 aromatic rings. The van der Waals surface area contributed by atoms with E-state index in [9.17, 15) is 22.8 Å². The number of hydrogen-bond donors (Lipinski definition) is 2. The van der Waals surface area contributed by atoms with Crippen molar-refractivity contribution in [2.45, 2.75) is 18.7 Å². The molecule has 1 aliphatic heterocycles. The maximum atomic E-state index is 13.3. The Hall–Kier alpha value is -3.33. The molecule has 2 heterocycles. The van der Waals surface area contributed by atoms with Crippen molar-refractivity contribution in [3.05, 3.63) is 64.4 Å². The molecule has 2 aromatic carbocycles. The molecule has 0 spiro atoms. The van der Waals surface area contributed by atoms with E-state index in [2.05, 4.69) is 4.98 Å². The molecule has 0 aliphatic carbocycles. The van der Waals surface area contributed by atoms with E-state index < -0.39 is 29.5 Å². The number of pyridine rings is 1. The van der Waals surface area contributed by atoms with E-state index in [0.29, 0.717) is 17.5 Å². The van der Waals surface area contributed by atoms with Crippen molar-refractivity contribution in [1.82, 2.24) is 4.98 Å². The second-order valence-electron chi connectivity index (χ2n) is 6.96. The van der Waals surface area contributed by atoms with Crippen LogP contribution >= 0.6 is 0 Å². The Morgan fingerprint density at radius 3 is 2.63 bits per heavy atom. The first kappa shape index (κ1) is 20.0. The third-order valence-electron chi connectivity index (χ3n) is 4.99. The number of ether oxygens (including phenoxy) is 1. The van der Waals surface area contributed by atoms with Crippen LogP contribution < -0.4 is 10.5 Å². The molecule has 1 atom stereocenters. The highest BCUT2D eigenvalue weighted by Gasteiger charge is 2.34. The first-order valence-electron chi connectivity index (χ1n) is 9.20. The highest BCUT2D eigenvalue weighted by Crippen LogP contribution is 2.36. The Kier molecular flexibility index (Phi) is 4.98. The van der Waals surface area contributed by atoms with Gasteiger partial charge in [-0.2, -0.15) is 13.2 Å². The summed E-state index contributed by atoms with van der Waals surface area (Å²) in [5, 5.41) is 9.69. The van der Waals surface area contributed by atoms with Crippen molar-refractivity contribution in [3.63, 3.8) is 0 Å². The maximum Gasteiger partial charge on any atom is 0.417 e. The van der Waals surface area contributed by atoms with Crippen molar-refractivity contribution in [3.8, 4) is 11.3 Å². The molecule has 1 amide bonds. The fourth-order valence-electron chi connectivity index (χ4n) is 3.55. The molecule has 156 valence electrons. The minimum absolute atomic E-state index is 0.0526. The highest BCUT2D eigenvalue weighted by molar-refractivity contribution is 5.94. The predicted octanol–water partition coefficient (Wildman–Crippen LogP) is 3.92. The van der Waals surface area contributed by atoms with Crippen LogP contribution in [0.25, 0.3) is 22.0 Å². The zero-order chi connectivity index (χ0) is 21.5. The molecule has 0 bridgehead atoms. The van der Waals surface area contributed by atoms with Crippen molar-refractivity contribution < 1.29 is 27.8 Å². The standard InChI is InChI=1S/C21H17F3N2O4/c22-21(23,24)17-4-2-1-3-15(17)18-9-12-5-6-13(10-16(12)19(28)25-18)26-11-14(7-8-27)30-20(26)29/h1-6,9-10,14,27H,7-8,11H2,(H,25,28). The number of anilines is 1. The number of aliphatic hydroxyl groups excluding tert-OH is 1. The number of nitrogens with one attached hydrogen (secondary N) is 1. The van der Waals surface area contributed by atoms with E-state index in [0.717, 1.165) is 6.07 Å². The number of rotatable bonds is 4. The van der Waals surface area contributed by atoms with Gasteiger partial charge in [0.2, 0.25) is 0 Å². The predicted molar refractivity (Wildman–Crippen MR) is 104 cm³/mol. The molecular weight excluding hydrogens is 401 g/mol. The molecule has 1 saturated heterocycles. The summed E-state index contributed by atoms with van der Waals surface area (Å²) >= 11 is 0. The van der Waals surface area contributed by atoms with E-state index in [1.807, 2.05) is 0 Å². The first-order valence-corrected chi connectivity index (χ1v) is 9.20. The molecule has 2 N–H and O–H groups in total. The van der Waals surface area contributed by atoms with Crippen LogP contribution in [-0.4, -0.2) is 35.4 Å². The third kappa shape index (κ3) is 3.63. The van der Waals surface area contributed by atoms with Crippen LogP contribution in [0.2, 0.25) is 0 Å². The van der Waals surface area contributed by atoms with Gasteiger partial charge in [0.05, 0.1) is 12.1 Å².